The predicted octanol–water partition coefficient (Wildman–Crippen LogP) is 2.37. The van der Waals surface area contributed by atoms with E-state index in [0.29, 0.717) is 37.1 Å². The maximum atomic E-state index is 13.3. The highest BCUT2D eigenvalue weighted by Gasteiger charge is 2.58. The quantitative estimate of drug-likeness (QED) is 0.337. The number of carbonyl (C=O) groups is 3. The summed E-state index contributed by atoms with van der Waals surface area (Å²) in [6, 6.07) is 6.78. The molecule has 15 heteroatoms. The summed E-state index contributed by atoms with van der Waals surface area (Å²) >= 11 is 0. The molecule has 4 aliphatic rings. The summed E-state index contributed by atoms with van der Waals surface area (Å²) in [6.45, 7) is 6.47. The molecule has 0 saturated carbocycles. The number of piperidine rings is 1. The summed E-state index contributed by atoms with van der Waals surface area (Å²) in [5.41, 5.74) is 0.281. The molecular formula is C31H41F3N6O6. The zero-order chi connectivity index (χ0) is 33.7. The Balaban J connectivity index is 1.32. The molecule has 4 saturated heterocycles. The molecule has 0 spiro atoms. The van der Waals surface area contributed by atoms with Gasteiger partial charge in [-0.05, 0) is 70.7 Å². The van der Waals surface area contributed by atoms with Crippen molar-refractivity contribution in [3.05, 3.63) is 29.3 Å². The Bertz CT molecular complexity index is 1400. The number of β-amino-alcohol motifs (C(OH)–C–C–N with tert-alkyl or cyclic N) is 1. The van der Waals surface area contributed by atoms with Gasteiger partial charge in [0, 0.05) is 36.8 Å². The van der Waals surface area contributed by atoms with Gasteiger partial charge in [-0.2, -0.15) is 18.4 Å². The van der Waals surface area contributed by atoms with Crippen molar-refractivity contribution in [3.63, 3.8) is 0 Å². The highest BCUT2D eigenvalue weighted by molar-refractivity contribution is 5.96. The number of rotatable bonds is 6. The number of hydrazine groups is 1. The summed E-state index contributed by atoms with van der Waals surface area (Å²) in [5.74, 6) is -1.80. The number of hydrogen-bond donors (Lipinski definition) is 4. The molecule has 0 aromatic heterocycles. The van der Waals surface area contributed by atoms with Crippen LogP contribution in [0.5, 0.6) is 0 Å². The Labute approximate surface area is 265 Å². The van der Waals surface area contributed by atoms with E-state index in [4.69, 9.17) is 9.47 Å². The molecule has 4 fully saturated rings. The van der Waals surface area contributed by atoms with E-state index in [1.165, 1.54) is 6.07 Å². The van der Waals surface area contributed by atoms with Crippen molar-refractivity contribution in [2.24, 2.45) is 5.92 Å². The number of likely N-dealkylation sites (tertiary alicyclic amines) is 1. The molecular weight excluding hydrogens is 609 g/mol. The molecule has 4 aliphatic heterocycles. The number of nitriles is 1. The van der Waals surface area contributed by atoms with Gasteiger partial charge in [0.05, 0.1) is 37.1 Å². The van der Waals surface area contributed by atoms with Gasteiger partial charge in [-0.3, -0.25) is 9.59 Å². The first kappa shape index (κ1) is 33.9. The lowest BCUT2D eigenvalue weighted by molar-refractivity contribution is -0.253. The fraction of sp³-hybridized carbons (Fsp3) is 0.677. The molecule has 4 heterocycles. The van der Waals surface area contributed by atoms with Gasteiger partial charge in [-0.25, -0.2) is 15.2 Å². The number of hydrogen-bond acceptors (Lipinski definition) is 10. The molecule has 1 aromatic rings. The van der Waals surface area contributed by atoms with E-state index in [1.54, 1.807) is 39.8 Å². The number of alkyl halides is 3. The Morgan fingerprint density at radius 2 is 1.98 bits per heavy atom. The summed E-state index contributed by atoms with van der Waals surface area (Å²) in [7, 11) is 0. The van der Waals surface area contributed by atoms with E-state index < -0.39 is 65.9 Å². The zero-order valence-corrected chi connectivity index (χ0v) is 26.4. The normalized spacial score (nSPS) is 32.0. The van der Waals surface area contributed by atoms with Gasteiger partial charge < -0.3 is 30.1 Å². The summed E-state index contributed by atoms with van der Waals surface area (Å²) in [5, 5.41) is 28.0. The van der Waals surface area contributed by atoms with Crippen LogP contribution in [0.25, 0.3) is 0 Å². The van der Waals surface area contributed by atoms with Gasteiger partial charge in [-0.1, -0.05) is 0 Å². The lowest BCUT2D eigenvalue weighted by Gasteiger charge is -2.47. The zero-order valence-electron chi connectivity index (χ0n) is 26.4. The Morgan fingerprint density at radius 1 is 1.24 bits per heavy atom. The Kier molecular flexibility index (Phi) is 9.06. The van der Waals surface area contributed by atoms with Crippen molar-refractivity contribution in [3.8, 4) is 6.07 Å². The number of ether oxygens (including phenoxy) is 2. The highest BCUT2D eigenvalue weighted by Crippen LogP contribution is 2.41. The minimum atomic E-state index is -4.84. The molecule has 4 N–H and O–H groups in total. The van der Waals surface area contributed by atoms with Gasteiger partial charge >= 0.3 is 12.1 Å². The molecule has 4 unspecified atom stereocenters. The second kappa shape index (κ2) is 12.3. The monoisotopic (exact) mass is 650 g/mol. The van der Waals surface area contributed by atoms with Crippen LogP contribution >= 0.6 is 0 Å². The van der Waals surface area contributed by atoms with E-state index in [2.05, 4.69) is 22.1 Å². The van der Waals surface area contributed by atoms with Crippen LogP contribution in [-0.2, 0) is 19.1 Å². The molecule has 252 valence electrons. The lowest BCUT2D eigenvalue weighted by Crippen LogP contribution is -2.63. The number of fused-ring (bicyclic) bond motifs is 1. The maximum Gasteiger partial charge on any atom is 0.419 e. The maximum absolute atomic E-state index is 13.3. The van der Waals surface area contributed by atoms with Crippen molar-refractivity contribution in [1.29, 1.82) is 5.26 Å². The number of carbonyl (C=O) groups excluding carboxylic acids is 3. The fourth-order valence-electron chi connectivity index (χ4n) is 6.88. The van der Waals surface area contributed by atoms with Crippen molar-refractivity contribution < 1.29 is 42.1 Å². The Morgan fingerprint density at radius 3 is 2.57 bits per heavy atom. The van der Waals surface area contributed by atoms with Crippen molar-refractivity contribution in [2.75, 3.05) is 31.6 Å². The van der Waals surface area contributed by atoms with E-state index in [1.807, 2.05) is 5.01 Å². The molecule has 46 heavy (non-hydrogen) atoms. The number of benzene rings is 1. The standard InChI is InChI=1S/C31H41F3N6O6/c1-18-15-19(5-6-20(18)26(42)39-14-11-30(44,16-39)31(32,33)34)37-24-23-21(8-13-36-25(23)41)40(38-24)29(10-12-35)9-7-22(45-17-29)27(43)46-28(2,3)4/h5-6,15,21-24,37-38,44H,7-11,13-14,16-17H2,1-4H3,(H,36,41)/t21?,22-,23?,24?,29-,30?/m0/s1. The molecule has 12 nitrogen and oxygen atoms in total. The van der Waals surface area contributed by atoms with Gasteiger partial charge in [-0.15, -0.1) is 0 Å². The highest BCUT2D eigenvalue weighted by atomic mass is 19.4. The van der Waals surface area contributed by atoms with Crippen molar-refractivity contribution >= 4 is 23.5 Å². The molecule has 0 bridgehead atoms. The number of anilines is 1. The number of aryl methyl sites for hydroxylation is 1. The molecule has 0 aliphatic carbocycles. The average molecular weight is 651 g/mol. The largest absolute Gasteiger partial charge is 0.458 e. The number of nitrogens with zero attached hydrogens (tertiary/aromatic N) is 3. The second-order valence-corrected chi connectivity index (χ2v) is 13.8. The van der Waals surface area contributed by atoms with Crippen LogP contribution in [0, 0.1) is 24.2 Å². The third-order valence-corrected chi connectivity index (χ3v) is 9.28. The average Bonchev–Trinajstić information content (AvgIpc) is 3.55. The van der Waals surface area contributed by atoms with E-state index in [0.717, 1.165) is 4.90 Å². The lowest BCUT2D eigenvalue weighted by atomic mass is 9.83. The second-order valence-electron chi connectivity index (χ2n) is 13.8. The number of amides is 2. The van der Waals surface area contributed by atoms with E-state index in [9.17, 15) is 37.9 Å². The van der Waals surface area contributed by atoms with Crippen LogP contribution < -0.4 is 16.1 Å². The van der Waals surface area contributed by atoms with Gasteiger partial charge in [0.1, 0.15) is 11.8 Å². The molecule has 6 atom stereocenters. The first-order valence-electron chi connectivity index (χ1n) is 15.5. The molecule has 0 radical (unpaired) electrons. The summed E-state index contributed by atoms with van der Waals surface area (Å²) in [6.07, 6.45) is -5.31. The van der Waals surface area contributed by atoms with Crippen molar-refractivity contribution in [1.82, 2.24) is 20.7 Å². The number of esters is 1. The summed E-state index contributed by atoms with van der Waals surface area (Å²) < 4.78 is 51.4. The van der Waals surface area contributed by atoms with Crippen LogP contribution in [0.4, 0.5) is 18.9 Å². The Hall–Kier alpha value is -3.45. The van der Waals surface area contributed by atoms with E-state index >= 15 is 0 Å². The van der Waals surface area contributed by atoms with Crippen LogP contribution in [-0.4, -0.2) is 100 Å². The van der Waals surface area contributed by atoms with Crippen LogP contribution in [0.1, 0.15) is 68.8 Å². The predicted molar refractivity (Wildman–Crippen MR) is 158 cm³/mol. The van der Waals surface area contributed by atoms with Crippen LogP contribution in [0.2, 0.25) is 0 Å². The minimum absolute atomic E-state index is 0.0743. The van der Waals surface area contributed by atoms with Crippen molar-refractivity contribution in [2.45, 2.75) is 101 Å². The number of aliphatic hydroxyl groups is 1. The number of halogens is 3. The first-order chi connectivity index (χ1) is 21.5. The van der Waals surface area contributed by atoms with E-state index in [-0.39, 0.29) is 37.1 Å². The van der Waals surface area contributed by atoms with Crippen LogP contribution in [0.3, 0.4) is 0 Å². The SMILES string of the molecule is Cc1cc(NC2NN([C@]3(CC#N)CC[C@@H](C(=O)OC(C)(C)C)OC3)C3CCNC(=O)C23)ccc1C(=O)N1CCC(O)(C(F)(F)F)C1. The van der Waals surface area contributed by atoms with Gasteiger partial charge in [0.2, 0.25) is 5.91 Å². The fourth-order valence-corrected chi connectivity index (χ4v) is 6.88. The third-order valence-electron chi connectivity index (χ3n) is 9.28. The van der Waals surface area contributed by atoms with Crippen LogP contribution in [0.15, 0.2) is 18.2 Å². The summed E-state index contributed by atoms with van der Waals surface area (Å²) in [4.78, 5) is 40.0. The number of nitrogens with one attached hydrogen (secondary N) is 3. The smallest absolute Gasteiger partial charge is 0.419 e. The third kappa shape index (κ3) is 6.53. The van der Waals surface area contributed by atoms with Gasteiger partial charge in [0.15, 0.2) is 11.7 Å². The first-order valence-corrected chi connectivity index (χ1v) is 15.5. The van der Waals surface area contributed by atoms with Gasteiger partial charge in [0.25, 0.3) is 5.91 Å². The molecule has 5 rings (SSSR count). The molecule has 2 amide bonds. The molecule has 1 aromatic carbocycles. The minimum Gasteiger partial charge on any atom is -0.458 e. The topological polar surface area (TPSA) is 156 Å².